The van der Waals surface area contributed by atoms with Gasteiger partial charge in [-0.05, 0) is 19.3 Å². The van der Waals surface area contributed by atoms with Gasteiger partial charge in [0.15, 0.2) is 0 Å². The molecule has 0 aliphatic heterocycles. The Balaban J connectivity index is 2.55. The monoisotopic (exact) mass is 208 g/mol. The Bertz CT molecular complexity index is 298. The summed E-state index contributed by atoms with van der Waals surface area (Å²) in [5.74, 6) is 2.41. The molecule has 2 N–H and O–H groups in total. The minimum atomic E-state index is 0.435. The maximum atomic E-state index is 4.17. The van der Waals surface area contributed by atoms with E-state index in [0.717, 1.165) is 18.1 Å². The fourth-order valence-corrected chi connectivity index (χ4v) is 1.59. The summed E-state index contributed by atoms with van der Waals surface area (Å²) in [5.41, 5.74) is 0. The highest BCUT2D eigenvalue weighted by molar-refractivity contribution is 5.46. The second-order valence-corrected chi connectivity index (χ2v) is 4.21. The highest BCUT2D eigenvalue weighted by atomic mass is 15.1. The van der Waals surface area contributed by atoms with Crippen LogP contribution in [-0.2, 0) is 0 Å². The highest BCUT2D eigenvalue weighted by Gasteiger charge is 2.05. The molecule has 0 radical (unpaired) electrons. The predicted octanol–water partition coefficient (Wildman–Crippen LogP) is 2.36. The van der Waals surface area contributed by atoms with E-state index in [1.165, 1.54) is 0 Å². The number of nitrogens with zero attached hydrogens (tertiary/aromatic N) is 2. The minimum Gasteiger partial charge on any atom is -0.373 e. The average molecular weight is 208 g/mol. The summed E-state index contributed by atoms with van der Waals surface area (Å²) < 4.78 is 0. The van der Waals surface area contributed by atoms with Gasteiger partial charge in [0.25, 0.3) is 0 Å². The molecular formula is C11H20N4. The first-order chi connectivity index (χ1) is 7.11. The standard InChI is InChI=1S/C11H20N4/c1-8(2)5-9(3)15-11-6-10(12-4)13-7-14-11/h6-9H,5H2,1-4H3,(H2,12,13,14,15). The van der Waals surface area contributed by atoms with E-state index in [2.05, 4.69) is 41.4 Å². The minimum absolute atomic E-state index is 0.435. The van der Waals surface area contributed by atoms with Gasteiger partial charge in [0, 0.05) is 19.2 Å². The van der Waals surface area contributed by atoms with E-state index >= 15 is 0 Å². The van der Waals surface area contributed by atoms with Crippen LogP contribution in [-0.4, -0.2) is 23.1 Å². The summed E-state index contributed by atoms with van der Waals surface area (Å²) in [7, 11) is 1.85. The van der Waals surface area contributed by atoms with Crippen LogP contribution in [0.1, 0.15) is 27.2 Å². The zero-order valence-electron chi connectivity index (χ0n) is 9.91. The van der Waals surface area contributed by atoms with Crippen molar-refractivity contribution in [3.05, 3.63) is 12.4 Å². The van der Waals surface area contributed by atoms with Gasteiger partial charge in [0.05, 0.1) is 0 Å². The van der Waals surface area contributed by atoms with E-state index in [0.29, 0.717) is 12.0 Å². The van der Waals surface area contributed by atoms with Crippen molar-refractivity contribution in [3.8, 4) is 0 Å². The summed E-state index contributed by atoms with van der Waals surface area (Å²) >= 11 is 0. The van der Waals surface area contributed by atoms with Crippen LogP contribution in [0.25, 0.3) is 0 Å². The molecule has 1 rings (SSSR count). The van der Waals surface area contributed by atoms with E-state index < -0.39 is 0 Å². The lowest BCUT2D eigenvalue weighted by atomic mass is 10.1. The maximum absolute atomic E-state index is 4.17. The molecule has 0 aromatic carbocycles. The van der Waals surface area contributed by atoms with Crippen molar-refractivity contribution in [1.82, 2.24) is 9.97 Å². The van der Waals surface area contributed by atoms with E-state index in [4.69, 9.17) is 0 Å². The molecule has 1 atom stereocenters. The van der Waals surface area contributed by atoms with Crippen LogP contribution >= 0.6 is 0 Å². The third kappa shape index (κ3) is 4.14. The third-order valence-corrected chi connectivity index (χ3v) is 2.14. The number of anilines is 2. The van der Waals surface area contributed by atoms with Gasteiger partial charge < -0.3 is 10.6 Å². The van der Waals surface area contributed by atoms with Crippen molar-refractivity contribution in [2.45, 2.75) is 33.2 Å². The van der Waals surface area contributed by atoms with Gasteiger partial charge in [-0.3, -0.25) is 0 Å². The Morgan fingerprint density at radius 3 is 2.47 bits per heavy atom. The molecule has 1 aromatic rings. The van der Waals surface area contributed by atoms with Crippen LogP contribution in [0.2, 0.25) is 0 Å². The Labute approximate surface area is 91.5 Å². The Morgan fingerprint density at radius 2 is 1.87 bits per heavy atom. The molecule has 15 heavy (non-hydrogen) atoms. The predicted molar refractivity (Wildman–Crippen MR) is 64.1 cm³/mol. The lowest BCUT2D eigenvalue weighted by Gasteiger charge is -2.16. The summed E-state index contributed by atoms with van der Waals surface area (Å²) in [6, 6.07) is 2.35. The number of rotatable bonds is 5. The van der Waals surface area contributed by atoms with Crippen LogP contribution in [0, 0.1) is 5.92 Å². The van der Waals surface area contributed by atoms with Crippen molar-refractivity contribution in [2.75, 3.05) is 17.7 Å². The van der Waals surface area contributed by atoms with E-state index in [1.54, 1.807) is 6.33 Å². The summed E-state index contributed by atoms with van der Waals surface area (Å²) in [5, 5.41) is 6.35. The van der Waals surface area contributed by atoms with Crippen LogP contribution in [0.5, 0.6) is 0 Å². The number of nitrogens with one attached hydrogen (secondary N) is 2. The van der Waals surface area contributed by atoms with Crippen molar-refractivity contribution in [2.24, 2.45) is 5.92 Å². The molecule has 0 bridgehead atoms. The normalized spacial score (nSPS) is 12.6. The van der Waals surface area contributed by atoms with Crippen molar-refractivity contribution in [1.29, 1.82) is 0 Å². The van der Waals surface area contributed by atoms with Crippen LogP contribution < -0.4 is 10.6 Å². The molecule has 0 amide bonds. The SMILES string of the molecule is CNc1cc(NC(C)CC(C)C)ncn1. The Kier molecular flexibility index (Phi) is 4.34. The lowest BCUT2D eigenvalue weighted by molar-refractivity contribution is 0.539. The second kappa shape index (κ2) is 5.53. The zero-order valence-corrected chi connectivity index (χ0v) is 9.91. The first kappa shape index (κ1) is 11.8. The zero-order chi connectivity index (χ0) is 11.3. The topological polar surface area (TPSA) is 49.8 Å². The molecular weight excluding hydrogens is 188 g/mol. The Morgan fingerprint density at radius 1 is 1.20 bits per heavy atom. The number of hydrogen-bond acceptors (Lipinski definition) is 4. The summed E-state index contributed by atoms with van der Waals surface area (Å²) in [6.07, 6.45) is 2.70. The average Bonchev–Trinajstić information content (AvgIpc) is 2.16. The lowest BCUT2D eigenvalue weighted by Crippen LogP contribution is -2.18. The largest absolute Gasteiger partial charge is 0.373 e. The number of aromatic nitrogens is 2. The fraction of sp³-hybridized carbons (Fsp3) is 0.636. The molecule has 0 spiro atoms. The highest BCUT2D eigenvalue weighted by Crippen LogP contribution is 2.12. The summed E-state index contributed by atoms with van der Waals surface area (Å²) in [4.78, 5) is 8.24. The number of hydrogen-bond donors (Lipinski definition) is 2. The van der Waals surface area contributed by atoms with Gasteiger partial charge >= 0.3 is 0 Å². The fourth-order valence-electron chi connectivity index (χ4n) is 1.59. The van der Waals surface area contributed by atoms with E-state index in [-0.39, 0.29) is 0 Å². The summed E-state index contributed by atoms with van der Waals surface area (Å²) in [6.45, 7) is 6.61. The molecule has 1 unspecified atom stereocenters. The first-order valence-corrected chi connectivity index (χ1v) is 5.38. The Hall–Kier alpha value is -1.32. The maximum Gasteiger partial charge on any atom is 0.131 e. The third-order valence-electron chi connectivity index (χ3n) is 2.14. The van der Waals surface area contributed by atoms with Crippen LogP contribution in [0.3, 0.4) is 0 Å². The van der Waals surface area contributed by atoms with Gasteiger partial charge in [-0.15, -0.1) is 0 Å². The second-order valence-electron chi connectivity index (χ2n) is 4.21. The molecule has 0 saturated heterocycles. The van der Waals surface area contributed by atoms with Gasteiger partial charge in [-0.25, -0.2) is 9.97 Å². The van der Waals surface area contributed by atoms with Gasteiger partial charge in [-0.2, -0.15) is 0 Å². The van der Waals surface area contributed by atoms with Gasteiger partial charge in [0.1, 0.15) is 18.0 Å². The van der Waals surface area contributed by atoms with Crippen LogP contribution in [0.15, 0.2) is 12.4 Å². The van der Waals surface area contributed by atoms with Gasteiger partial charge in [0.2, 0.25) is 0 Å². The van der Waals surface area contributed by atoms with E-state index in [1.807, 2.05) is 13.1 Å². The molecule has 0 fully saturated rings. The molecule has 1 heterocycles. The van der Waals surface area contributed by atoms with E-state index in [9.17, 15) is 0 Å². The molecule has 0 aliphatic carbocycles. The molecule has 4 nitrogen and oxygen atoms in total. The molecule has 0 aliphatic rings. The van der Waals surface area contributed by atoms with Crippen molar-refractivity contribution < 1.29 is 0 Å². The molecule has 1 aromatic heterocycles. The molecule has 84 valence electrons. The van der Waals surface area contributed by atoms with Crippen LogP contribution in [0.4, 0.5) is 11.6 Å². The quantitative estimate of drug-likeness (QED) is 0.780. The van der Waals surface area contributed by atoms with Gasteiger partial charge in [-0.1, -0.05) is 13.8 Å². The smallest absolute Gasteiger partial charge is 0.131 e. The first-order valence-electron chi connectivity index (χ1n) is 5.38. The van der Waals surface area contributed by atoms with Crippen molar-refractivity contribution in [3.63, 3.8) is 0 Å². The van der Waals surface area contributed by atoms with Crippen molar-refractivity contribution >= 4 is 11.6 Å². The molecule has 0 saturated carbocycles. The molecule has 4 heteroatoms.